The normalized spacial score (nSPS) is 9.31. The lowest BCUT2D eigenvalue weighted by Gasteiger charge is -2.04. The fourth-order valence-electron chi connectivity index (χ4n) is 1.14. The summed E-state index contributed by atoms with van der Waals surface area (Å²) in [5.41, 5.74) is 2.98. The summed E-state index contributed by atoms with van der Waals surface area (Å²) in [4.78, 5) is 0. The summed E-state index contributed by atoms with van der Waals surface area (Å²) in [5, 5.41) is 14.8. The third kappa shape index (κ3) is 1.90. The van der Waals surface area contributed by atoms with Crippen LogP contribution in [0.15, 0.2) is 30.9 Å². The van der Waals surface area contributed by atoms with Crippen LogP contribution in [0.1, 0.15) is 16.7 Å². The molecule has 0 heterocycles. The summed E-state index contributed by atoms with van der Waals surface area (Å²) in [5.74, 6) is 0. The van der Waals surface area contributed by atoms with Crippen LogP contribution in [-0.4, -0.2) is 11.9 Å². The molecule has 0 atom stereocenters. The van der Waals surface area contributed by atoms with Gasteiger partial charge in [-0.05, 0) is 19.1 Å². The van der Waals surface area contributed by atoms with Gasteiger partial charge < -0.3 is 10.8 Å². The molecule has 1 rings (SSSR count). The molecule has 2 nitrogen and oxygen atoms in total. The molecule has 2 N–H and O–H groups in total. The zero-order chi connectivity index (χ0) is 9.84. The third-order valence-electron chi connectivity index (χ3n) is 1.86. The topological polar surface area (TPSA) is 47.7 Å². The van der Waals surface area contributed by atoms with E-state index in [1.165, 1.54) is 12.3 Å². The van der Waals surface area contributed by atoms with Gasteiger partial charge in [-0.2, -0.15) is 0 Å². The SMILES string of the molecule is C=CC(=N)c1cc(C)ccc1C=N. The minimum atomic E-state index is 0.363. The molecule has 0 saturated carbocycles. The van der Waals surface area contributed by atoms with E-state index in [1.54, 1.807) is 0 Å². The average molecular weight is 172 g/mol. The Kier molecular flexibility index (Phi) is 2.75. The Hall–Kier alpha value is -1.70. The van der Waals surface area contributed by atoms with Crippen LogP contribution in [0.2, 0.25) is 0 Å². The molecule has 0 amide bonds. The highest BCUT2D eigenvalue weighted by molar-refractivity contribution is 6.10. The zero-order valence-corrected chi connectivity index (χ0v) is 7.59. The number of rotatable bonds is 3. The van der Waals surface area contributed by atoms with E-state index in [-0.39, 0.29) is 0 Å². The van der Waals surface area contributed by atoms with Crippen molar-refractivity contribution in [2.75, 3.05) is 0 Å². The molecule has 1 aromatic carbocycles. The van der Waals surface area contributed by atoms with Crippen molar-refractivity contribution in [3.05, 3.63) is 47.5 Å². The first-order valence-corrected chi connectivity index (χ1v) is 4.01. The van der Waals surface area contributed by atoms with Crippen molar-refractivity contribution in [3.63, 3.8) is 0 Å². The first kappa shape index (κ1) is 9.39. The first-order chi connectivity index (χ1) is 6.19. The quantitative estimate of drug-likeness (QED) is 0.658. The molecule has 0 saturated heterocycles. The number of aryl methyl sites for hydroxylation is 1. The van der Waals surface area contributed by atoms with Gasteiger partial charge in [-0.1, -0.05) is 24.3 Å². The highest BCUT2D eigenvalue weighted by Crippen LogP contribution is 2.10. The van der Waals surface area contributed by atoms with Crippen molar-refractivity contribution in [2.45, 2.75) is 6.92 Å². The first-order valence-electron chi connectivity index (χ1n) is 4.01. The standard InChI is InChI=1S/C11H12N2/c1-3-11(13)10-6-8(2)4-5-9(10)7-12/h3-7,12-13H,1H2,2H3. The van der Waals surface area contributed by atoms with Gasteiger partial charge in [0, 0.05) is 17.3 Å². The molecular weight excluding hydrogens is 160 g/mol. The van der Waals surface area contributed by atoms with Crippen LogP contribution in [-0.2, 0) is 0 Å². The molecule has 0 aliphatic carbocycles. The number of allylic oxidation sites excluding steroid dienone is 1. The van der Waals surface area contributed by atoms with Gasteiger partial charge in [-0.15, -0.1) is 0 Å². The lowest BCUT2D eigenvalue weighted by atomic mass is 10.0. The molecule has 0 spiro atoms. The number of hydrogen-bond acceptors (Lipinski definition) is 2. The van der Waals surface area contributed by atoms with Gasteiger partial charge >= 0.3 is 0 Å². The fourth-order valence-corrected chi connectivity index (χ4v) is 1.14. The fraction of sp³-hybridized carbons (Fsp3) is 0.0909. The summed E-state index contributed by atoms with van der Waals surface area (Å²) in [7, 11) is 0. The monoisotopic (exact) mass is 172 g/mol. The van der Waals surface area contributed by atoms with E-state index < -0.39 is 0 Å². The highest BCUT2D eigenvalue weighted by Gasteiger charge is 2.02. The Morgan fingerprint density at radius 2 is 2.15 bits per heavy atom. The van der Waals surface area contributed by atoms with E-state index in [4.69, 9.17) is 10.8 Å². The predicted molar refractivity (Wildman–Crippen MR) is 56.1 cm³/mol. The molecule has 0 unspecified atom stereocenters. The second-order valence-corrected chi connectivity index (χ2v) is 2.85. The molecular formula is C11H12N2. The Balaban J connectivity index is 3.30. The van der Waals surface area contributed by atoms with Crippen LogP contribution in [0.3, 0.4) is 0 Å². The number of nitrogens with one attached hydrogen (secondary N) is 2. The maximum Gasteiger partial charge on any atom is 0.0612 e. The van der Waals surface area contributed by atoms with Gasteiger partial charge in [-0.3, -0.25) is 0 Å². The van der Waals surface area contributed by atoms with Gasteiger partial charge in [0.2, 0.25) is 0 Å². The van der Waals surface area contributed by atoms with E-state index in [0.29, 0.717) is 5.71 Å². The van der Waals surface area contributed by atoms with Crippen molar-refractivity contribution < 1.29 is 0 Å². The maximum absolute atomic E-state index is 7.60. The Morgan fingerprint density at radius 3 is 2.69 bits per heavy atom. The summed E-state index contributed by atoms with van der Waals surface area (Å²) in [6, 6.07) is 5.67. The predicted octanol–water partition coefficient (Wildman–Crippen LogP) is 2.55. The molecule has 0 aromatic heterocycles. The summed E-state index contributed by atoms with van der Waals surface area (Å²) in [6.45, 7) is 5.51. The molecule has 0 bridgehead atoms. The molecule has 2 heteroatoms. The third-order valence-corrected chi connectivity index (χ3v) is 1.86. The van der Waals surface area contributed by atoms with Crippen LogP contribution in [0.4, 0.5) is 0 Å². The van der Waals surface area contributed by atoms with Crippen molar-refractivity contribution in [1.82, 2.24) is 0 Å². The Bertz CT molecular complexity index is 364. The van der Waals surface area contributed by atoms with Gasteiger partial charge in [-0.25, -0.2) is 0 Å². The molecule has 13 heavy (non-hydrogen) atoms. The second-order valence-electron chi connectivity index (χ2n) is 2.85. The molecule has 66 valence electrons. The minimum absolute atomic E-state index is 0.363. The van der Waals surface area contributed by atoms with E-state index in [1.807, 2.05) is 25.1 Å². The van der Waals surface area contributed by atoms with E-state index in [9.17, 15) is 0 Å². The Morgan fingerprint density at radius 1 is 1.46 bits per heavy atom. The number of hydrogen-bond donors (Lipinski definition) is 2. The highest BCUT2D eigenvalue weighted by atomic mass is 14.4. The summed E-state index contributed by atoms with van der Waals surface area (Å²) < 4.78 is 0. The smallest absolute Gasteiger partial charge is 0.0612 e. The van der Waals surface area contributed by atoms with Crippen LogP contribution in [0.25, 0.3) is 0 Å². The lowest BCUT2D eigenvalue weighted by Crippen LogP contribution is -2.00. The van der Waals surface area contributed by atoms with Gasteiger partial charge in [0.15, 0.2) is 0 Å². The van der Waals surface area contributed by atoms with Gasteiger partial charge in [0.25, 0.3) is 0 Å². The van der Waals surface area contributed by atoms with Gasteiger partial charge in [0.05, 0.1) is 5.71 Å². The second kappa shape index (κ2) is 3.81. The lowest BCUT2D eigenvalue weighted by molar-refractivity contribution is 1.41. The zero-order valence-electron chi connectivity index (χ0n) is 7.59. The summed E-state index contributed by atoms with van der Waals surface area (Å²) >= 11 is 0. The van der Waals surface area contributed by atoms with Crippen molar-refractivity contribution in [3.8, 4) is 0 Å². The molecule has 0 fully saturated rings. The molecule has 0 aliphatic rings. The van der Waals surface area contributed by atoms with Crippen LogP contribution in [0, 0.1) is 17.7 Å². The van der Waals surface area contributed by atoms with E-state index >= 15 is 0 Å². The van der Waals surface area contributed by atoms with Gasteiger partial charge in [0.1, 0.15) is 0 Å². The van der Waals surface area contributed by atoms with Crippen LogP contribution < -0.4 is 0 Å². The molecule has 0 radical (unpaired) electrons. The largest absolute Gasteiger partial charge is 0.308 e. The summed E-state index contributed by atoms with van der Waals surface area (Å²) in [6.07, 6.45) is 2.74. The average Bonchev–Trinajstić information content (AvgIpc) is 2.16. The molecule has 0 aliphatic heterocycles. The van der Waals surface area contributed by atoms with E-state index in [0.717, 1.165) is 16.7 Å². The minimum Gasteiger partial charge on any atom is -0.308 e. The number of benzene rings is 1. The van der Waals surface area contributed by atoms with Crippen LogP contribution >= 0.6 is 0 Å². The van der Waals surface area contributed by atoms with Crippen molar-refractivity contribution >= 4 is 11.9 Å². The van der Waals surface area contributed by atoms with Crippen LogP contribution in [0.5, 0.6) is 0 Å². The Labute approximate surface area is 77.9 Å². The van der Waals surface area contributed by atoms with Crippen molar-refractivity contribution in [1.29, 1.82) is 10.8 Å². The maximum atomic E-state index is 7.60. The van der Waals surface area contributed by atoms with Crippen molar-refractivity contribution in [2.24, 2.45) is 0 Å². The van der Waals surface area contributed by atoms with E-state index in [2.05, 4.69) is 6.58 Å². The molecule has 1 aromatic rings.